The van der Waals surface area contributed by atoms with Crippen LogP contribution < -0.4 is 0 Å². The molecule has 56 heavy (non-hydrogen) atoms. The smallest absolute Gasteiger partial charge is 0.161 e. The largest absolute Gasteiger partial charge is 0.455 e. The normalized spacial score (nSPS) is 13.1. The molecule has 0 saturated carbocycles. The molecule has 3 heteroatoms. The molecule has 2 aliphatic rings. The Balaban J connectivity index is 1.05. The van der Waals surface area contributed by atoms with E-state index in [0.29, 0.717) is 5.82 Å². The fourth-order valence-corrected chi connectivity index (χ4v) is 9.60. The molecule has 2 aliphatic carbocycles. The fraction of sp³-hybridized carbons (Fsp3) is 0.0189. The third kappa shape index (κ3) is 4.28. The van der Waals surface area contributed by atoms with Crippen molar-refractivity contribution in [3.63, 3.8) is 0 Å². The van der Waals surface area contributed by atoms with Crippen LogP contribution in [0.3, 0.4) is 0 Å². The number of aromatic nitrogens is 2. The predicted octanol–water partition coefficient (Wildman–Crippen LogP) is 13.4. The minimum absolute atomic E-state index is 0.437. The number of hydrogen-bond donors (Lipinski definition) is 0. The van der Waals surface area contributed by atoms with Crippen molar-refractivity contribution in [2.24, 2.45) is 0 Å². The van der Waals surface area contributed by atoms with Crippen molar-refractivity contribution in [3.05, 3.63) is 216 Å². The fourth-order valence-electron chi connectivity index (χ4n) is 9.60. The average molecular weight is 713 g/mol. The van der Waals surface area contributed by atoms with E-state index < -0.39 is 5.41 Å². The molecule has 10 aromatic rings. The highest BCUT2D eigenvalue weighted by molar-refractivity contribution is 6.09. The molecule has 0 saturated heterocycles. The van der Waals surface area contributed by atoms with Gasteiger partial charge in [-0.15, -0.1) is 0 Å². The van der Waals surface area contributed by atoms with Crippen molar-refractivity contribution in [3.8, 4) is 67.3 Å². The Labute approximate surface area is 324 Å². The molecule has 12 rings (SSSR count). The van der Waals surface area contributed by atoms with Gasteiger partial charge in [-0.25, -0.2) is 9.97 Å². The van der Waals surface area contributed by atoms with E-state index in [0.717, 1.165) is 61.1 Å². The van der Waals surface area contributed by atoms with Crippen LogP contribution in [-0.4, -0.2) is 9.97 Å². The molecule has 0 amide bonds. The summed E-state index contributed by atoms with van der Waals surface area (Å²) >= 11 is 0. The summed E-state index contributed by atoms with van der Waals surface area (Å²) in [6.45, 7) is 0. The van der Waals surface area contributed by atoms with Crippen molar-refractivity contribution >= 4 is 21.9 Å². The number of para-hydroxylation sites is 2. The lowest BCUT2D eigenvalue weighted by atomic mass is 9.70. The minimum atomic E-state index is -0.437. The SMILES string of the molecule is c1ccc(-c2cc(-c3ccc(-c4cccc5c4oc4ccccc45)cc3)nc(-c3cccc4c3-c3ccccc3C43c4ccccc4-c4ccccc43)n2)cc1. The Bertz CT molecular complexity index is 3150. The van der Waals surface area contributed by atoms with Crippen LogP contribution in [0.4, 0.5) is 0 Å². The molecule has 0 atom stereocenters. The maximum atomic E-state index is 6.40. The van der Waals surface area contributed by atoms with Crippen molar-refractivity contribution in [1.82, 2.24) is 9.97 Å². The molecule has 0 N–H and O–H groups in total. The third-order valence-electron chi connectivity index (χ3n) is 12.0. The zero-order chi connectivity index (χ0) is 36.8. The van der Waals surface area contributed by atoms with Gasteiger partial charge >= 0.3 is 0 Å². The highest BCUT2D eigenvalue weighted by Gasteiger charge is 2.52. The lowest BCUT2D eigenvalue weighted by Gasteiger charge is -2.30. The molecule has 8 aromatic carbocycles. The molecule has 0 radical (unpaired) electrons. The van der Waals surface area contributed by atoms with Crippen LogP contribution in [-0.2, 0) is 5.41 Å². The van der Waals surface area contributed by atoms with Crippen molar-refractivity contribution < 1.29 is 4.42 Å². The van der Waals surface area contributed by atoms with Gasteiger partial charge in [0.2, 0.25) is 0 Å². The molecular formula is C53H32N2O. The third-order valence-corrected chi connectivity index (χ3v) is 12.0. The summed E-state index contributed by atoms with van der Waals surface area (Å²) in [6, 6.07) is 69.4. The summed E-state index contributed by atoms with van der Waals surface area (Å²) in [5.74, 6) is 0.709. The molecular weight excluding hydrogens is 681 g/mol. The van der Waals surface area contributed by atoms with E-state index in [9.17, 15) is 0 Å². The van der Waals surface area contributed by atoms with Gasteiger partial charge < -0.3 is 4.42 Å². The van der Waals surface area contributed by atoms with Gasteiger partial charge in [0.1, 0.15) is 11.2 Å². The zero-order valence-corrected chi connectivity index (χ0v) is 30.3. The van der Waals surface area contributed by atoms with Gasteiger partial charge in [-0.05, 0) is 62.2 Å². The standard InChI is InChI=1S/C53H32N2O/c1-2-14-34(15-3-1)47-32-48(35-30-28-33(29-31-35)36-20-12-21-40-39-18-7-11-27-49(39)56-51(36)40)55-52(54-47)42-22-13-26-46-50(42)41-19-6-10-25-45(41)53(46)43-23-8-4-16-37(43)38-17-5-9-24-44(38)53/h1-32H. The van der Waals surface area contributed by atoms with Crippen LogP contribution in [0.15, 0.2) is 199 Å². The number of furan rings is 1. The van der Waals surface area contributed by atoms with Crippen molar-refractivity contribution in [1.29, 1.82) is 0 Å². The average Bonchev–Trinajstić information content (AvgIpc) is 3.91. The van der Waals surface area contributed by atoms with Crippen LogP contribution in [0, 0.1) is 0 Å². The first-order chi connectivity index (χ1) is 27.8. The zero-order valence-electron chi connectivity index (χ0n) is 30.3. The Morgan fingerprint density at radius 1 is 0.357 bits per heavy atom. The van der Waals surface area contributed by atoms with E-state index >= 15 is 0 Å². The molecule has 0 unspecified atom stereocenters. The Morgan fingerprint density at radius 3 is 1.59 bits per heavy atom. The van der Waals surface area contributed by atoms with Gasteiger partial charge in [0.05, 0.1) is 16.8 Å². The molecule has 260 valence electrons. The molecule has 0 bridgehead atoms. The summed E-state index contributed by atoms with van der Waals surface area (Å²) in [5.41, 5.74) is 18.6. The second-order valence-corrected chi connectivity index (χ2v) is 14.8. The van der Waals surface area contributed by atoms with Crippen molar-refractivity contribution in [2.45, 2.75) is 5.41 Å². The van der Waals surface area contributed by atoms with Gasteiger partial charge in [0.25, 0.3) is 0 Å². The molecule has 2 aromatic heterocycles. The van der Waals surface area contributed by atoms with E-state index in [1.807, 2.05) is 18.2 Å². The maximum Gasteiger partial charge on any atom is 0.161 e. The van der Waals surface area contributed by atoms with Crippen LogP contribution in [0.25, 0.3) is 89.2 Å². The van der Waals surface area contributed by atoms with Crippen LogP contribution in [0.1, 0.15) is 22.3 Å². The van der Waals surface area contributed by atoms with Gasteiger partial charge in [-0.1, -0.05) is 182 Å². The number of hydrogen-bond acceptors (Lipinski definition) is 3. The first kappa shape index (κ1) is 31.0. The minimum Gasteiger partial charge on any atom is -0.455 e. The monoisotopic (exact) mass is 712 g/mol. The van der Waals surface area contributed by atoms with Crippen LogP contribution >= 0.6 is 0 Å². The van der Waals surface area contributed by atoms with E-state index in [2.05, 4.69) is 176 Å². The van der Waals surface area contributed by atoms with Crippen LogP contribution in [0.2, 0.25) is 0 Å². The van der Waals surface area contributed by atoms with E-state index in [4.69, 9.17) is 14.4 Å². The Morgan fingerprint density at radius 2 is 0.857 bits per heavy atom. The second-order valence-electron chi connectivity index (χ2n) is 14.8. The quantitative estimate of drug-likeness (QED) is 0.182. The molecule has 0 aliphatic heterocycles. The van der Waals surface area contributed by atoms with Gasteiger partial charge in [0.15, 0.2) is 5.82 Å². The number of rotatable bonds is 4. The van der Waals surface area contributed by atoms with Crippen molar-refractivity contribution in [2.75, 3.05) is 0 Å². The number of nitrogens with zero attached hydrogens (tertiary/aromatic N) is 2. The summed E-state index contributed by atoms with van der Waals surface area (Å²) < 4.78 is 6.40. The van der Waals surface area contributed by atoms with Gasteiger partial charge in [-0.2, -0.15) is 0 Å². The summed E-state index contributed by atoms with van der Waals surface area (Å²) in [4.78, 5) is 10.8. The lowest BCUT2D eigenvalue weighted by molar-refractivity contribution is 0.670. The first-order valence-electron chi connectivity index (χ1n) is 19.2. The summed E-state index contributed by atoms with van der Waals surface area (Å²) in [7, 11) is 0. The lowest BCUT2D eigenvalue weighted by Crippen LogP contribution is -2.25. The van der Waals surface area contributed by atoms with Gasteiger partial charge in [0, 0.05) is 33.0 Å². The Hall–Kier alpha value is -7.36. The highest BCUT2D eigenvalue weighted by Crippen LogP contribution is 2.63. The molecule has 3 nitrogen and oxygen atoms in total. The summed E-state index contributed by atoms with van der Waals surface area (Å²) in [5, 5.41) is 2.25. The second kappa shape index (κ2) is 11.8. The maximum absolute atomic E-state index is 6.40. The van der Waals surface area contributed by atoms with E-state index in [1.165, 1.54) is 44.5 Å². The number of benzene rings is 8. The predicted molar refractivity (Wildman–Crippen MR) is 227 cm³/mol. The topological polar surface area (TPSA) is 38.9 Å². The Kier molecular flexibility index (Phi) is 6.55. The highest BCUT2D eigenvalue weighted by atomic mass is 16.3. The first-order valence-corrected chi connectivity index (χ1v) is 19.2. The number of fused-ring (bicyclic) bond motifs is 13. The van der Waals surface area contributed by atoms with Gasteiger partial charge in [-0.3, -0.25) is 0 Å². The summed E-state index contributed by atoms with van der Waals surface area (Å²) in [6.07, 6.45) is 0. The molecule has 1 spiro atoms. The van der Waals surface area contributed by atoms with Crippen LogP contribution in [0.5, 0.6) is 0 Å². The van der Waals surface area contributed by atoms with E-state index in [1.54, 1.807) is 0 Å². The van der Waals surface area contributed by atoms with E-state index in [-0.39, 0.29) is 0 Å². The molecule has 2 heterocycles. The molecule has 0 fully saturated rings.